The molecule has 0 aromatic carbocycles. The summed E-state index contributed by atoms with van der Waals surface area (Å²) in [6.45, 7) is 35.0. The van der Waals surface area contributed by atoms with Gasteiger partial charge in [-0.2, -0.15) is 21.0 Å². The van der Waals surface area contributed by atoms with Crippen LogP contribution in [0.4, 0.5) is 14.4 Å². The Labute approximate surface area is 583 Å². The van der Waals surface area contributed by atoms with Crippen molar-refractivity contribution in [2.75, 3.05) is 99.0 Å². The van der Waals surface area contributed by atoms with E-state index in [1.54, 1.807) is 27.7 Å². The van der Waals surface area contributed by atoms with E-state index in [2.05, 4.69) is 50.5 Å². The van der Waals surface area contributed by atoms with Crippen LogP contribution in [0.15, 0.2) is 37.5 Å². The summed E-state index contributed by atoms with van der Waals surface area (Å²) in [7, 11) is 0. The fraction of sp³-hybridized carbons (Fsp3) is 0.672. The predicted molar refractivity (Wildman–Crippen MR) is 356 cm³/mol. The molecule has 0 aliphatic carbocycles. The van der Waals surface area contributed by atoms with Crippen LogP contribution >= 0.6 is 0 Å². The van der Waals surface area contributed by atoms with E-state index in [4.69, 9.17) is 68.4 Å². The van der Waals surface area contributed by atoms with Crippen LogP contribution in [0, 0.1) is 80.8 Å². The first-order valence-corrected chi connectivity index (χ1v) is 32.3. The summed E-state index contributed by atoms with van der Waals surface area (Å²) in [6, 6.07) is 7.58. The maximum atomic E-state index is 11.4. The minimum Gasteiger partial charge on any atom is -0.464 e. The number of amides is 4. The fourth-order valence-corrected chi connectivity index (χ4v) is 5.04. The van der Waals surface area contributed by atoms with Crippen molar-refractivity contribution in [1.82, 2.24) is 21.3 Å². The summed E-state index contributed by atoms with van der Waals surface area (Å²) in [5.41, 5.74) is 0.292. The third kappa shape index (κ3) is 67.9. The van der Waals surface area contributed by atoms with Crippen molar-refractivity contribution in [3.05, 3.63) is 37.5 Å². The summed E-state index contributed by atoms with van der Waals surface area (Å²) >= 11 is 0. The van der Waals surface area contributed by atoms with Crippen LogP contribution < -0.4 is 21.3 Å². The van der Waals surface area contributed by atoms with Gasteiger partial charge in [-0.15, -0.1) is 0 Å². The molecule has 0 saturated heterocycles. The quantitative estimate of drug-likeness (QED) is 0.0149. The van der Waals surface area contributed by atoms with Gasteiger partial charge >= 0.3 is 66.0 Å². The zero-order chi connectivity index (χ0) is 76.8. The Morgan fingerprint density at radius 1 is 0.384 bits per heavy atom. The van der Waals surface area contributed by atoms with Gasteiger partial charge in [-0.05, 0) is 45.4 Å². The summed E-state index contributed by atoms with van der Waals surface area (Å²) in [6.07, 6.45) is 4.63. The number of hydrogen-bond donors (Lipinski definition) is 4. The average molecular weight is 1410 g/mol. The first-order valence-electron chi connectivity index (χ1n) is 32.3. The van der Waals surface area contributed by atoms with E-state index in [0.29, 0.717) is 24.8 Å². The average Bonchev–Trinajstić information content (AvgIpc) is 3.38. The van der Waals surface area contributed by atoms with E-state index >= 15 is 0 Å². The van der Waals surface area contributed by atoms with Gasteiger partial charge in [-0.1, -0.05) is 103 Å². The van der Waals surface area contributed by atoms with Gasteiger partial charge in [0, 0.05) is 23.6 Å². The van der Waals surface area contributed by atoms with Gasteiger partial charge in [0.25, 0.3) is 0 Å². The van der Waals surface area contributed by atoms with Crippen LogP contribution in [0.5, 0.6) is 0 Å². The van der Waals surface area contributed by atoms with E-state index in [1.165, 1.54) is 6.92 Å². The van der Waals surface area contributed by atoms with Gasteiger partial charge in [-0.25, -0.2) is 28.8 Å². The van der Waals surface area contributed by atoms with Gasteiger partial charge in [0.2, 0.25) is 5.91 Å². The maximum Gasteiger partial charge on any atom is 0.408 e. The van der Waals surface area contributed by atoms with Crippen molar-refractivity contribution in [2.45, 2.75) is 160 Å². The van der Waals surface area contributed by atoms with Crippen molar-refractivity contribution < 1.29 is 114 Å². The molecule has 32 nitrogen and oxygen atoms in total. The van der Waals surface area contributed by atoms with Gasteiger partial charge in [0.05, 0.1) is 112 Å². The van der Waals surface area contributed by atoms with Crippen LogP contribution in [0.25, 0.3) is 0 Å². The molecule has 0 bridgehead atoms. The highest BCUT2D eigenvalue weighted by Gasteiger charge is 2.19. The Hall–Kier alpha value is -9.82. The molecule has 560 valence electrons. The normalized spacial score (nSPS) is 11.3. The number of esters is 8. The number of carbonyl (C=O) groups excluding carboxylic acids is 12. The number of rotatable bonds is 42. The zero-order valence-electron chi connectivity index (χ0n) is 60.1. The summed E-state index contributed by atoms with van der Waals surface area (Å²) in [5.74, 6) is -3.77. The van der Waals surface area contributed by atoms with E-state index in [0.717, 1.165) is 31.4 Å². The molecule has 0 aromatic heterocycles. The van der Waals surface area contributed by atoms with Gasteiger partial charge in [-0.3, -0.25) is 28.8 Å². The Morgan fingerprint density at radius 3 is 1.03 bits per heavy atom. The Balaban J connectivity index is -0.000000268. The first-order chi connectivity index (χ1) is 47.0. The number of ether oxygens (including phenoxy) is 12. The molecular formula is C67H108N8O24. The van der Waals surface area contributed by atoms with Crippen molar-refractivity contribution in [2.24, 2.45) is 35.5 Å². The molecule has 6 atom stereocenters. The molecule has 0 aliphatic heterocycles. The first kappa shape index (κ1) is 100. The molecule has 99 heavy (non-hydrogen) atoms. The molecule has 0 aliphatic rings. The summed E-state index contributed by atoms with van der Waals surface area (Å²) in [4.78, 5) is 133. The molecule has 32 heteroatoms. The number of nitrogens with one attached hydrogen (secondary N) is 4. The van der Waals surface area contributed by atoms with E-state index < -0.39 is 42.3 Å². The minimum atomic E-state index is -0.694. The van der Waals surface area contributed by atoms with Crippen LogP contribution in [-0.2, 0) is 100.0 Å². The van der Waals surface area contributed by atoms with Gasteiger partial charge in [0.15, 0.2) is 6.73 Å². The van der Waals surface area contributed by atoms with Gasteiger partial charge < -0.3 is 78.1 Å². The molecular weight excluding hydrogens is 1300 g/mol. The lowest BCUT2D eigenvalue weighted by Gasteiger charge is -2.14. The third-order valence-corrected chi connectivity index (χ3v) is 12.4. The smallest absolute Gasteiger partial charge is 0.408 e. The highest BCUT2D eigenvalue weighted by Crippen LogP contribution is 2.11. The predicted octanol–water partition coefficient (Wildman–Crippen LogP) is 7.78. The number of alkyl carbamates (subject to hydrolysis) is 3. The Bertz CT molecular complexity index is 2490. The molecule has 0 aromatic rings. The molecule has 0 saturated carbocycles. The maximum absolute atomic E-state index is 11.4. The van der Waals surface area contributed by atoms with E-state index in [9.17, 15) is 57.5 Å². The number of hydrogen-bond acceptors (Lipinski definition) is 28. The molecule has 0 rings (SSSR count). The second-order valence-electron chi connectivity index (χ2n) is 20.6. The van der Waals surface area contributed by atoms with Crippen LogP contribution in [0.1, 0.15) is 154 Å². The molecule has 6 unspecified atom stereocenters. The Morgan fingerprint density at radius 2 is 0.697 bits per heavy atom. The monoisotopic (exact) mass is 1410 g/mol. The lowest BCUT2D eigenvalue weighted by atomic mass is 10.1. The van der Waals surface area contributed by atoms with E-state index in [-0.39, 0.29) is 196 Å². The largest absolute Gasteiger partial charge is 0.464 e. The molecule has 0 fully saturated rings. The SMILES string of the molecule is C=C(C)C(=O)OCCNC(=O)OCNC(=O)C(C)CC.C=CC(=O)OCCNC(=O)OCCOC(=O)C(C)CC.C=CC(=O)OCCNC(=O)OCCOCCOC(=O)C(C)CC.CCC(C)C(=O)OC(CC#N)CC#N.CCC(C)C(=O)OCCC#N.CCC(C)C(=O)OCCC#N. The molecule has 0 heterocycles. The number of nitrogens with zero attached hydrogens (tertiary/aromatic N) is 4. The van der Waals surface area contributed by atoms with E-state index in [1.807, 2.05) is 79.7 Å². The zero-order valence-corrected chi connectivity index (χ0v) is 60.1. The molecule has 0 radical (unpaired) electrons. The van der Waals surface area contributed by atoms with Crippen molar-refractivity contribution in [3.8, 4) is 24.3 Å². The van der Waals surface area contributed by atoms with Crippen LogP contribution in [0.3, 0.4) is 0 Å². The molecule has 4 amide bonds. The van der Waals surface area contributed by atoms with Crippen LogP contribution in [0.2, 0.25) is 0 Å². The summed E-state index contributed by atoms with van der Waals surface area (Å²) < 4.78 is 57.9. The Kier molecular flexibility index (Phi) is 71.8. The second kappa shape index (κ2) is 71.0. The fourth-order valence-electron chi connectivity index (χ4n) is 5.04. The number of carbonyl (C=O) groups is 12. The highest BCUT2D eigenvalue weighted by molar-refractivity contribution is 5.87. The van der Waals surface area contributed by atoms with Crippen molar-refractivity contribution in [3.63, 3.8) is 0 Å². The lowest BCUT2D eigenvalue weighted by molar-refractivity contribution is -0.153. The van der Waals surface area contributed by atoms with Crippen molar-refractivity contribution >= 4 is 71.9 Å². The molecule has 4 N–H and O–H groups in total. The lowest BCUT2D eigenvalue weighted by Crippen LogP contribution is -2.35. The molecule has 0 spiro atoms. The topological polar surface area (TPSA) is 459 Å². The van der Waals surface area contributed by atoms with Crippen molar-refractivity contribution in [1.29, 1.82) is 21.0 Å². The number of nitriles is 4. The van der Waals surface area contributed by atoms with Gasteiger partial charge in [0.1, 0.15) is 65.6 Å². The second-order valence-corrected chi connectivity index (χ2v) is 20.6. The standard InChI is InChI=1S/C15H25NO7.C13H22N2O5.C13H21NO6.C10H14N2O2.2C8H13NO2/c1-4-12(3)14(18)22-10-8-20-9-11-23-15(19)16-6-7-21-13(17)5-2;1-5-10(4)11(16)15-8-20-13(18)14-6-7-19-12(17)9(2)3;1-4-10(3)12(16)19-8-9-20-13(17)14-6-7-18-11(15)5-2;1-3-8(2)10(13)14-9(4-6-11)5-7-12;2*1-3-7(2)8(10)11-6-4-5-9/h5,12H,2,4,6-11H2,1,3H3,(H,16,19);10H,2,5-8H2,1,3-4H3,(H,14,18)(H,15,16);5,10H,2,4,6-9H2,1,3H3,(H,14,17);8-9H,3-5H2,1-2H3;2*7H,3-4,6H2,1-2H3. The minimum absolute atomic E-state index is 0.0159. The third-order valence-electron chi connectivity index (χ3n) is 12.4. The summed E-state index contributed by atoms with van der Waals surface area (Å²) in [5, 5.41) is 42.7. The highest BCUT2D eigenvalue weighted by atomic mass is 16.6. The van der Waals surface area contributed by atoms with Crippen LogP contribution in [-0.4, -0.2) is 177 Å².